The molecule has 10 N–H and O–H groups in total. The Morgan fingerprint density at radius 2 is 1.47 bits per heavy atom. The lowest BCUT2D eigenvalue weighted by molar-refractivity contribution is -0.316. The molecule has 0 aromatic carbocycles. The molecule has 2 fully saturated rings. The zero-order chi connectivity index (χ0) is 25.3. The van der Waals surface area contributed by atoms with Gasteiger partial charge in [0.2, 0.25) is 0 Å². The van der Waals surface area contributed by atoms with Gasteiger partial charge in [0.1, 0.15) is 54.9 Å². The van der Waals surface area contributed by atoms with Crippen molar-refractivity contribution in [2.75, 3.05) is 20.3 Å². The maximum Gasteiger partial charge on any atom is 0.187 e. The Hall–Kier alpha value is -0.820. The zero-order valence-electron chi connectivity index (χ0n) is 18.7. The summed E-state index contributed by atoms with van der Waals surface area (Å²) in [5, 5.41) is 94.3. The molecule has 2 saturated heterocycles. The summed E-state index contributed by atoms with van der Waals surface area (Å²) in [6.45, 7) is 0.304. The van der Waals surface area contributed by atoms with E-state index in [9.17, 15) is 46.0 Å². The summed E-state index contributed by atoms with van der Waals surface area (Å²) in [6, 6.07) is -1.89. The molecular weight excluding hydrogens is 462 g/mol. The van der Waals surface area contributed by atoms with Gasteiger partial charge < -0.3 is 70.2 Å². The Labute approximate surface area is 195 Å². The molecule has 2 aliphatic heterocycles. The van der Waals surface area contributed by atoms with Gasteiger partial charge in [-0.25, -0.2) is 0 Å². The highest BCUT2D eigenvalue weighted by Gasteiger charge is 2.49. The number of rotatable bonds is 7. The predicted molar refractivity (Wildman–Crippen MR) is 110 cm³/mol. The van der Waals surface area contributed by atoms with E-state index < -0.39 is 98.9 Å². The van der Waals surface area contributed by atoms with Crippen molar-refractivity contribution in [3.8, 4) is 0 Å². The van der Waals surface area contributed by atoms with Crippen molar-refractivity contribution < 1.29 is 64.9 Å². The van der Waals surface area contributed by atoms with Crippen LogP contribution in [-0.4, -0.2) is 152 Å². The van der Waals surface area contributed by atoms with Crippen molar-refractivity contribution in [2.45, 2.75) is 92.6 Å². The summed E-state index contributed by atoms with van der Waals surface area (Å²) in [6.07, 6.45) is -15.6. The Balaban J connectivity index is 1.76. The fraction of sp³-hybridized carbons (Fsp3) is 0.900. The van der Waals surface area contributed by atoms with Crippen LogP contribution >= 0.6 is 0 Å². The molecule has 0 saturated carbocycles. The van der Waals surface area contributed by atoms with E-state index in [1.807, 2.05) is 0 Å². The fourth-order valence-electron chi connectivity index (χ4n) is 4.50. The molecule has 34 heavy (non-hydrogen) atoms. The normalized spacial score (nSPS) is 50.1. The average Bonchev–Trinajstić information content (AvgIpc) is 2.83. The second kappa shape index (κ2) is 11.5. The van der Waals surface area contributed by atoms with Gasteiger partial charge in [-0.15, -0.1) is 0 Å². The topological polar surface area (TPSA) is 231 Å². The summed E-state index contributed by atoms with van der Waals surface area (Å²) in [4.78, 5) is 0. The molecule has 1 aliphatic carbocycles. The van der Waals surface area contributed by atoms with Gasteiger partial charge in [0.15, 0.2) is 12.6 Å². The summed E-state index contributed by atoms with van der Waals surface area (Å²) < 4.78 is 21.3. The summed E-state index contributed by atoms with van der Waals surface area (Å²) in [5.74, 6) is 0. The lowest BCUT2D eigenvalue weighted by Crippen LogP contribution is -2.67. The summed E-state index contributed by atoms with van der Waals surface area (Å²) in [7, 11) is 1.31. The standard InChI is InChI=1S/C20H35NO13/c1-6-10(13(26)16(29)19(31-2)32-6)21-8-3-7(4-22)18(15(28)11(8)24)34-20-17(30)14(27)12(25)9(5-23)33-20/h3,6,8-30H,4-5H2,1-2H3/t6-,8-,9-,10-,11+,12-,13+,14+,15-,16-,17-,18-,19-,20+/m1/s1. The molecule has 0 spiro atoms. The Morgan fingerprint density at radius 1 is 0.824 bits per heavy atom. The van der Waals surface area contributed by atoms with Crippen LogP contribution in [0.3, 0.4) is 0 Å². The van der Waals surface area contributed by atoms with Crippen LogP contribution in [0.25, 0.3) is 0 Å². The van der Waals surface area contributed by atoms with Crippen LogP contribution in [0, 0.1) is 0 Å². The highest BCUT2D eigenvalue weighted by molar-refractivity contribution is 5.23. The lowest BCUT2D eigenvalue weighted by Gasteiger charge is -2.46. The molecule has 0 amide bonds. The van der Waals surface area contributed by atoms with Gasteiger partial charge in [-0.3, -0.25) is 0 Å². The number of hydrogen-bond donors (Lipinski definition) is 10. The fourth-order valence-corrected chi connectivity index (χ4v) is 4.50. The van der Waals surface area contributed by atoms with Gasteiger partial charge in [-0.1, -0.05) is 6.08 Å². The second-order valence-electron chi connectivity index (χ2n) is 8.78. The number of nitrogens with one attached hydrogen (secondary N) is 1. The van der Waals surface area contributed by atoms with Crippen LogP contribution in [0.5, 0.6) is 0 Å². The highest BCUT2D eigenvalue weighted by atomic mass is 16.7. The number of ether oxygens (including phenoxy) is 4. The first kappa shape index (κ1) is 27.8. The molecule has 0 bridgehead atoms. The molecule has 0 unspecified atom stereocenters. The van der Waals surface area contributed by atoms with E-state index in [-0.39, 0.29) is 5.57 Å². The minimum Gasteiger partial charge on any atom is -0.394 e. The van der Waals surface area contributed by atoms with E-state index >= 15 is 0 Å². The molecule has 14 nitrogen and oxygen atoms in total. The first-order chi connectivity index (χ1) is 16.0. The van der Waals surface area contributed by atoms with E-state index in [2.05, 4.69) is 5.32 Å². The second-order valence-corrected chi connectivity index (χ2v) is 8.78. The van der Waals surface area contributed by atoms with Crippen LogP contribution in [-0.2, 0) is 18.9 Å². The van der Waals surface area contributed by atoms with Crippen LogP contribution in [0.1, 0.15) is 6.92 Å². The Bertz CT molecular complexity index is 695. The number of hydrogen-bond acceptors (Lipinski definition) is 14. The minimum atomic E-state index is -1.75. The van der Waals surface area contributed by atoms with Crippen molar-refractivity contribution in [1.82, 2.24) is 5.32 Å². The molecule has 0 radical (unpaired) electrons. The molecule has 0 aromatic rings. The van der Waals surface area contributed by atoms with Gasteiger partial charge in [-0.05, 0) is 12.5 Å². The molecule has 14 atom stereocenters. The van der Waals surface area contributed by atoms with E-state index in [0.717, 1.165) is 0 Å². The van der Waals surface area contributed by atoms with Gasteiger partial charge in [-0.2, -0.15) is 0 Å². The van der Waals surface area contributed by atoms with E-state index in [4.69, 9.17) is 18.9 Å². The maximum absolute atomic E-state index is 10.7. The first-order valence-electron chi connectivity index (χ1n) is 11.0. The number of aliphatic hydroxyl groups is 9. The van der Waals surface area contributed by atoms with Gasteiger partial charge in [0.05, 0.1) is 31.4 Å². The van der Waals surface area contributed by atoms with Crippen LogP contribution in [0.4, 0.5) is 0 Å². The monoisotopic (exact) mass is 497 g/mol. The molecule has 3 aliphatic rings. The molecule has 0 aromatic heterocycles. The summed E-state index contributed by atoms with van der Waals surface area (Å²) >= 11 is 0. The van der Waals surface area contributed by atoms with Crippen LogP contribution < -0.4 is 5.32 Å². The van der Waals surface area contributed by atoms with E-state index in [1.54, 1.807) is 6.92 Å². The minimum absolute atomic E-state index is 0.0847. The lowest BCUT2D eigenvalue weighted by atomic mass is 9.86. The van der Waals surface area contributed by atoms with Crippen LogP contribution in [0.2, 0.25) is 0 Å². The Morgan fingerprint density at radius 3 is 2.06 bits per heavy atom. The quantitative estimate of drug-likeness (QED) is 0.148. The molecular formula is C20H35NO13. The largest absolute Gasteiger partial charge is 0.394 e. The van der Waals surface area contributed by atoms with Gasteiger partial charge in [0.25, 0.3) is 0 Å². The number of methoxy groups -OCH3 is 1. The van der Waals surface area contributed by atoms with Crippen molar-refractivity contribution in [2.24, 2.45) is 0 Å². The molecule has 2 heterocycles. The van der Waals surface area contributed by atoms with Crippen molar-refractivity contribution >= 4 is 0 Å². The average molecular weight is 497 g/mol. The van der Waals surface area contributed by atoms with Gasteiger partial charge in [0, 0.05) is 7.11 Å². The number of aliphatic hydroxyl groups excluding tert-OH is 9. The van der Waals surface area contributed by atoms with Crippen molar-refractivity contribution in [3.63, 3.8) is 0 Å². The SMILES string of the molecule is CO[C@@H]1O[C@H](C)[C@@H](N[C@@H]2C=C(CO)[C@@H](O[C@@H]3O[C@H](CO)[C@@H](O)[C@H](O)[C@H]3O)[C@H](O)[C@H]2O)[C@H](O)[C@H]1O. The van der Waals surface area contributed by atoms with Gasteiger partial charge >= 0.3 is 0 Å². The maximum atomic E-state index is 10.7. The third kappa shape index (κ3) is 5.30. The first-order valence-corrected chi connectivity index (χ1v) is 11.0. The third-order valence-corrected chi connectivity index (χ3v) is 6.57. The summed E-state index contributed by atoms with van der Waals surface area (Å²) in [5.41, 5.74) is 0.0847. The van der Waals surface area contributed by atoms with Crippen LogP contribution in [0.15, 0.2) is 11.6 Å². The smallest absolute Gasteiger partial charge is 0.187 e. The molecule has 3 rings (SSSR count). The molecule has 14 heteroatoms. The Kier molecular flexibility index (Phi) is 9.38. The van der Waals surface area contributed by atoms with E-state index in [1.165, 1.54) is 13.2 Å². The van der Waals surface area contributed by atoms with E-state index in [0.29, 0.717) is 0 Å². The zero-order valence-corrected chi connectivity index (χ0v) is 18.7. The van der Waals surface area contributed by atoms with Crippen molar-refractivity contribution in [1.29, 1.82) is 0 Å². The molecule has 198 valence electrons. The van der Waals surface area contributed by atoms with Crippen molar-refractivity contribution in [3.05, 3.63) is 11.6 Å². The predicted octanol–water partition coefficient (Wildman–Crippen LogP) is -5.73. The highest BCUT2D eigenvalue weighted by Crippen LogP contribution is 2.30. The third-order valence-electron chi connectivity index (χ3n) is 6.57.